The van der Waals surface area contributed by atoms with Crippen LogP contribution in [0.1, 0.15) is 19.4 Å². The van der Waals surface area contributed by atoms with E-state index in [1.807, 2.05) is 13.0 Å². The predicted octanol–water partition coefficient (Wildman–Crippen LogP) is 4.34. The quantitative estimate of drug-likeness (QED) is 0.304. The molecule has 0 fully saturated rings. The average molecular weight is 527 g/mol. The number of methoxy groups -OCH3 is 1. The Hall–Kier alpha value is -2.39. The summed E-state index contributed by atoms with van der Waals surface area (Å²) in [5, 5.41) is 6.64. The molecule has 7 nitrogen and oxygen atoms in total. The molecule has 2 rings (SSSR count). The summed E-state index contributed by atoms with van der Waals surface area (Å²) in [4.78, 5) is 24.5. The second kappa shape index (κ2) is 11.0. The molecule has 0 aliphatic carbocycles. The number of amides is 2. The van der Waals surface area contributed by atoms with Gasteiger partial charge in [0, 0.05) is 4.47 Å². The highest BCUT2D eigenvalue weighted by Crippen LogP contribution is 2.36. The SMILES string of the molecule is CCOc1cc(C=NNC(=O)C(C)C(=O)Nc2ccccc2Br)cc(Br)c1OC. The van der Waals surface area contributed by atoms with Gasteiger partial charge in [-0.1, -0.05) is 12.1 Å². The predicted molar refractivity (Wildman–Crippen MR) is 120 cm³/mol. The van der Waals surface area contributed by atoms with Crippen molar-refractivity contribution in [1.29, 1.82) is 0 Å². The van der Waals surface area contributed by atoms with Gasteiger partial charge in [-0.15, -0.1) is 0 Å². The van der Waals surface area contributed by atoms with Gasteiger partial charge in [0.05, 0.1) is 30.1 Å². The third kappa shape index (κ3) is 6.30. The minimum absolute atomic E-state index is 0.435. The molecule has 2 aromatic carbocycles. The van der Waals surface area contributed by atoms with Crippen LogP contribution in [0, 0.1) is 5.92 Å². The number of nitrogens with one attached hydrogen (secondary N) is 2. The Morgan fingerprint density at radius 2 is 1.90 bits per heavy atom. The Morgan fingerprint density at radius 3 is 2.55 bits per heavy atom. The number of hydrogen-bond acceptors (Lipinski definition) is 5. The molecule has 154 valence electrons. The molecule has 0 aliphatic rings. The summed E-state index contributed by atoms with van der Waals surface area (Å²) in [5.41, 5.74) is 3.66. The second-order valence-corrected chi connectivity index (χ2v) is 7.60. The van der Waals surface area contributed by atoms with E-state index in [4.69, 9.17) is 9.47 Å². The molecule has 0 bridgehead atoms. The number of carbonyl (C=O) groups excluding carboxylic acids is 2. The monoisotopic (exact) mass is 525 g/mol. The molecule has 0 spiro atoms. The maximum Gasteiger partial charge on any atom is 0.252 e. The molecule has 2 N–H and O–H groups in total. The van der Waals surface area contributed by atoms with Crippen LogP contribution >= 0.6 is 31.9 Å². The van der Waals surface area contributed by atoms with Crippen molar-refractivity contribution >= 4 is 55.6 Å². The maximum atomic E-state index is 12.3. The Bertz CT molecular complexity index is 919. The lowest BCUT2D eigenvalue weighted by Gasteiger charge is -2.12. The van der Waals surface area contributed by atoms with Gasteiger partial charge in [-0.3, -0.25) is 9.59 Å². The van der Waals surface area contributed by atoms with Gasteiger partial charge in [0.2, 0.25) is 5.91 Å². The van der Waals surface area contributed by atoms with E-state index in [0.717, 1.165) is 4.47 Å². The van der Waals surface area contributed by atoms with Gasteiger partial charge in [0.15, 0.2) is 11.5 Å². The van der Waals surface area contributed by atoms with E-state index >= 15 is 0 Å². The van der Waals surface area contributed by atoms with E-state index in [-0.39, 0.29) is 0 Å². The number of benzene rings is 2. The van der Waals surface area contributed by atoms with Gasteiger partial charge in [0.1, 0.15) is 5.92 Å². The molecule has 1 unspecified atom stereocenters. The van der Waals surface area contributed by atoms with Gasteiger partial charge in [0.25, 0.3) is 5.91 Å². The number of carbonyl (C=O) groups is 2. The molecular weight excluding hydrogens is 506 g/mol. The van der Waals surface area contributed by atoms with Crippen molar-refractivity contribution in [2.75, 3.05) is 19.0 Å². The third-order valence-corrected chi connectivity index (χ3v) is 5.12. The summed E-state index contributed by atoms with van der Waals surface area (Å²) >= 11 is 6.77. The van der Waals surface area contributed by atoms with Crippen LogP contribution in [0.15, 0.2) is 50.4 Å². The molecule has 0 saturated carbocycles. The van der Waals surface area contributed by atoms with Crippen molar-refractivity contribution in [2.24, 2.45) is 11.0 Å². The highest BCUT2D eigenvalue weighted by Gasteiger charge is 2.21. The zero-order chi connectivity index (χ0) is 21.4. The lowest BCUT2D eigenvalue weighted by Crippen LogP contribution is -2.34. The van der Waals surface area contributed by atoms with Crippen LogP contribution < -0.4 is 20.2 Å². The number of anilines is 1. The van der Waals surface area contributed by atoms with Gasteiger partial charge in [-0.05, 0) is 75.5 Å². The first-order chi connectivity index (χ1) is 13.9. The van der Waals surface area contributed by atoms with E-state index in [2.05, 4.69) is 47.7 Å². The topological polar surface area (TPSA) is 89.0 Å². The summed E-state index contributed by atoms with van der Waals surface area (Å²) in [6.07, 6.45) is 1.46. The van der Waals surface area contributed by atoms with Crippen molar-refractivity contribution < 1.29 is 19.1 Å². The van der Waals surface area contributed by atoms with Crippen molar-refractivity contribution in [3.05, 3.63) is 50.9 Å². The molecule has 0 aliphatic heterocycles. The zero-order valence-electron chi connectivity index (χ0n) is 16.2. The largest absolute Gasteiger partial charge is 0.492 e. The fourth-order valence-corrected chi connectivity index (χ4v) is 3.32. The molecule has 2 aromatic rings. The van der Waals surface area contributed by atoms with Crippen molar-refractivity contribution in [3.63, 3.8) is 0 Å². The van der Waals surface area contributed by atoms with Gasteiger partial charge in [-0.25, -0.2) is 5.43 Å². The fourth-order valence-electron chi connectivity index (χ4n) is 2.31. The van der Waals surface area contributed by atoms with E-state index in [9.17, 15) is 9.59 Å². The van der Waals surface area contributed by atoms with Crippen LogP contribution in [0.25, 0.3) is 0 Å². The summed E-state index contributed by atoms with van der Waals surface area (Å²) < 4.78 is 12.3. The van der Waals surface area contributed by atoms with Gasteiger partial charge >= 0.3 is 0 Å². The number of hydrazone groups is 1. The van der Waals surface area contributed by atoms with E-state index in [1.165, 1.54) is 13.1 Å². The Labute approximate surface area is 186 Å². The van der Waals surface area contributed by atoms with E-state index in [0.29, 0.717) is 33.8 Å². The van der Waals surface area contributed by atoms with E-state index < -0.39 is 17.7 Å². The van der Waals surface area contributed by atoms with Crippen LogP contribution in [0.3, 0.4) is 0 Å². The zero-order valence-corrected chi connectivity index (χ0v) is 19.3. The molecule has 29 heavy (non-hydrogen) atoms. The van der Waals surface area contributed by atoms with Crippen LogP contribution in [-0.4, -0.2) is 31.7 Å². The summed E-state index contributed by atoms with van der Waals surface area (Å²) in [6.45, 7) is 3.85. The maximum absolute atomic E-state index is 12.3. The van der Waals surface area contributed by atoms with Crippen molar-refractivity contribution in [3.8, 4) is 11.5 Å². The number of halogens is 2. The van der Waals surface area contributed by atoms with Crippen molar-refractivity contribution in [1.82, 2.24) is 5.43 Å². The minimum Gasteiger partial charge on any atom is -0.492 e. The van der Waals surface area contributed by atoms with Crippen molar-refractivity contribution in [2.45, 2.75) is 13.8 Å². The number of nitrogens with zero attached hydrogens (tertiary/aromatic N) is 1. The minimum atomic E-state index is -0.930. The van der Waals surface area contributed by atoms with Gasteiger partial charge in [-0.2, -0.15) is 5.10 Å². The third-order valence-electron chi connectivity index (χ3n) is 3.84. The number of ether oxygens (including phenoxy) is 2. The molecule has 0 saturated heterocycles. The van der Waals surface area contributed by atoms with E-state index in [1.54, 1.807) is 37.4 Å². The normalized spacial score (nSPS) is 11.8. The van der Waals surface area contributed by atoms with Gasteiger partial charge < -0.3 is 14.8 Å². The first-order valence-electron chi connectivity index (χ1n) is 8.76. The first-order valence-corrected chi connectivity index (χ1v) is 10.3. The van der Waals surface area contributed by atoms with Crippen LogP contribution in [0.5, 0.6) is 11.5 Å². The second-order valence-electron chi connectivity index (χ2n) is 5.89. The Morgan fingerprint density at radius 1 is 1.17 bits per heavy atom. The lowest BCUT2D eigenvalue weighted by molar-refractivity contribution is -0.131. The number of hydrogen-bond donors (Lipinski definition) is 2. The van der Waals surface area contributed by atoms with Crippen LogP contribution in [0.4, 0.5) is 5.69 Å². The highest BCUT2D eigenvalue weighted by molar-refractivity contribution is 9.11. The first kappa shape index (κ1) is 22.9. The molecule has 2 amide bonds. The number of rotatable bonds is 8. The molecule has 9 heteroatoms. The smallest absolute Gasteiger partial charge is 0.252 e. The molecular formula is C20H21Br2N3O4. The molecule has 0 radical (unpaired) electrons. The number of para-hydroxylation sites is 1. The fraction of sp³-hybridized carbons (Fsp3) is 0.250. The van der Waals surface area contributed by atoms with Crippen LogP contribution in [0.2, 0.25) is 0 Å². The average Bonchev–Trinajstić information content (AvgIpc) is 2.69. The standard InChI is InChI=1S/C20H21Br2N3O4/c1-4-29-17-10-13(9-15(22)18(17)28-3)11-23-25-20(27)12(2)19(26)24-16-8-6-5-7-14(16)21/h5-12H,4H2,1-3H3,(H,24,26)(H,25,27). The molecule has 0 heterocycles. The Kier molecular flexibility index (Phi) is 8.66. The summed E-state index contributed by atoms with van der Waals surface area (Å²) in [5.74, 6) is -0.761. The lowest BCUT2D eigenvalue weighted by atomic mass is 10.1. The highest BCUT2D eigenvalue weighted by atomic mass is 79.9. The van der Waals surface area contributed by atoms with Crippen LogP contribution in [-0.2, 0) is 9.59 Å². The summed E-state index contributed by atoms with van der Waals surface area (Å²) in [6, 6.07) is 10.7. The molecule has 1 atom stereocenters. The summed E-state index contributed by atoms with van der Waals surface area (Å²) in [7, 11) is 1.55. The molecule has 0 aromatic heterocycles. The Balaban J connectivity index is 2.01.